The van der Waals surface area contributed by atoms with E-state index in [-0.39, 0.29) is 28.0 Å². The molecule has 4 rings (SSSR count). The first-order chi connectivity index (χ1) is 13.0. The number of carbonyl (C=O) groups is 3. The highest BCUT2D eigenvalue weighted by atomic mass is 16.1. The molecule has 1 amide bonds. The quantitative estimate of drug-likeness (QED) is 0.488. The fourth-order valence-corrected chi connectivity index (χ4v) is 3.25. The Morgan fingerprint density at radius 3 is 1.96 bits per heavy atom. The Morgan fingerprint density at radius 1 is 0.778 bits per heavy atom. The Bertz CT molecular complexity index is 1120. The van der Waals surface area contributed by atoms with Crippen LogP contribution in [0.15, 0.2) is 60.7 Å². The number of primary amides is 1. The second kappa shape index (κ2) is 6.10. The molecule has 1 aliphatic rings. The normalized spacial score (nSPS) is 12.3. The predicted octanol–water partition coefficient (Wildman–Crippen LogP) is 2.89. The van der Waals surface area contributed by atoms with Gasteiger partial charge in [-0.05, 0) is 36.4 Å². The summed E-state index contributed by atoms with van der Waals surface area (Å²) in [5, 5.41) is 3.13. The predicted molar refractivity (Wildman–Crippen MR) is 102 cm³/mol. The smallest absolute Gasteiger partial charge is 0.249 e. The molecule has 3 aromatic carbocycles. The van der Waals surface area contributed by atoms with Gasteiger partial charge in [0.05, 0.1) is 16.8 Å². The molecule has 3 aromatic rings. The molecule has 0 saturated heterocycles. The van der Waals surface area contributed by atoms with Gasteiger partial charge in [-0.1, -0.05) is 24.3 Å². The molecule has 5 N–H and O–H groups in total. The summed E-state index contributed by atoms with van der Waals surface area (Å²) >= 11 is 0. The van der Waals surface area contributed by atoms with Crippen molar-refractivity contribution in [3.05, 3.63) is 88.5 Å². The van der Waals surface area contributed by atoms with Crippen LogP contribution in [0.4, 0.5) is 17.1 Å². The topological polar surface area (TPSA) is 115 Å². The van der Waals surface area contributed by atoms with E-state index in [1.807, 2.05) is 0 Å². The van der Waals surface area contributed by atoms with Gasteiger partial charge < -0.3 is 16.8 Å². The van der Waals surface area contributed by atoms with Crippen molar-refractivity contribution in [1.29, 1.82) is 0 Å². The van der Waals surface area contributed by atoms with E-state index < -0.39 is 11.7 Å². The van der Waals surface area contributed by atoms with Crippen molar-refractivity contribution in [1.82, 2.24) is 0 Å². The maximum atomic E-state index is 13.1. The van der Waals surface area contributed by atoms with Crippen LogP contribution in [-0.2, 0) is 0 Å². The zero-order chi connectivity index (χ0) is 19.1. The summed E-state index contributed by atoms with van der Waals surface area (Å²) in [6.07, 6.45) is 0. The molecule has 27 heavy (non-hydrogen) atoms. The first kappa shape index (κ1) is 16.5. The number of benzene rings is 3. The van der Waals surface area contributed by atoms with Crippen molar-refractivity contribution in [2.75, 3.05) is 11.1 Å². The van der Waals surface area contributed by atoms with Gasteiger partial charge in [0.25, 0.3) is 0 Å². The van der Waals surface area contributed by atoms with Crippen LogP contribution in [0.2, 0.25) is 0 Å². The van der Waals surface area contributed by atoms with Crippen LogP contribution < -0.4 is 16.8 Å². The third kappa shape index (κ3) is 2.64. The molecular formula is C21H15N3O3. The van der Waals surface area contributed by atoms with Crippen molar-refractivity contribution in [3.63, 3.8) is 0 Å². The van der Waals surface area contributed by atoms with Gasteiger partial charge in [0.2, 0.25) is 5.91 Å². The molecule has 0 aromatic heterocycles. The summed E-state index contributed by atoms with van der Waals surface area (Å²) in [5.41, 5.74) is 13.6. The standard InChI is InChI=1S/C21H15N3O3/c22-11-5-7-12(8-6-11)24-16-10-9-15(21(23)27)17-18(16)20(26)14-4-2-1-3-13(14)19(17)25/h1-10,24H,22H2,(H2,23,27). The molecule has 0 atom stereocenters. The van der Waals surface area contributed by atoms with Gasteiger partial charge in [-0.25, -0.2) is 0 Å². The molecule has 6 heteroatoms. The highest BCUT2D eigenvalue weighted by Gasteiger charge is 2.34. The van der Waals surface area contributed by atoms with E-state index in [1.165, 1.54) is 6.07 Å². The average Bonchev–Trinajstić information content (AvgIpc) is 2.67. The summed E-state index contributed by atoms with van der Waals surface area (Å²) in [4.78, 5) is 38.0. The van der Waals surface area contributed by atoms with Gasteiger partial charge >= 0.3 is 0 Å². The highest BCUT2D eigenvalue weighted by Crippen LogP contribution is 2.35. The number of ketones is 2. The van der Waals surface area contributed by atoms with Gasteiger partial charge in [-0.15, -0.1) is 0 Å². The SMILES string of the molecule is NC(=O)c1ccc(Nc2ccc(N)cc2)c2c1C(=O)c1ccccc1C2=O. The maximum Gasteiger partial charge on any atom is 0.249 e. The number of nitrogens with two attached hydrogens (primary N) is 2. The Balaban J connectivity index is 1.93. The largest absolute Gasteiger partial charge is 0.399 e. The van der Waals surface area contributed by atoms with Crippen molar-refractivity contribution in [2.24, 2.45) is 5.73 Å². The van der Waals surface area contributed by atoms with Crippen molar-refractivity contribution in [3.8, 4) is 0 Å². The third-order valence-corrected chi connectivity index (χ3v) is 4.53. The second-order valence-electron chi connectivity index (χ2n) is 6.23. The Morgan fingerprint density at radius 2 is 1.37 bits per heavy atom. The van der Waals surface area contributed by atoms with E-state index in [9.17, 15) is 14.4 Å². The molecule has 0 fully saturated rings. The number of hydrogen-bond donors (Lipinski definition) is 3. The molecule has 6 nitrogen and oxygen atoms in total. The highest BCUT2D eigenvalue weighted by molar-refractivity contribution is 6.32. The van der Waals surface area contributed by atoms with E-state index in [4.69, 9.17) is 11.5 Å². The zero-order valence-corrected chi connectivity index (χ0v) is 14.2. The maximum absolute atomic E-state index is 13.1. The summed E-state index contributed by atoms with van der Waals surface area (Å²) in [7, 11) is 0. The zero-order valence-electron chi connectivity index (χ0n) is 14.2. The lowest BCUT2D eigenvalue weighted by atomic mass is 9.80. The van der Waals surface area contributed by atoms with Crippen LogP contribution in [0.5, 0.6) is 0 Å². The second-order valence-corrected chi connectivity index (χ2v) is 6.23. The monoisotopic (exact) mass is 357 g/mol. The third-order valence-electron chi connectivity index (χ3n) is 4.53. The lowest BCUT2D eigenvalue weighted by molar-refractivity contribution is 0.0964. The number of amides is 1. The van der Waals surface area contributed by atoms with E-state index in [0.29, 0.717) is 22.6 Å². The lowest BCUT2D eigenvalue weighted by Gasteiger charge is -2.22. The van der Waals surface area contributed by atoms with Gasteiger partial charge in [-0.3, -0.25) is 14.4 Å². The van der Waals surface area contributed by atoms with E-state index >= 15 is 0 Å². The Labute approximate surface area is 154 Å². The number of anilines is 3. The number of fused-ring (bicyclic) bond motifs is 2. The number of rotatable bonds is 3. The van der Waals surface area contributed by atoms with Gasteiger partial charge in [0.15, 0.2) is 11.6 Å². The number of carbonyl (C=O) groups excluding carboxylic acids is 3. The summed E-state index contributed by atoms with van der Waals surface area (Å²) < 4.78 is 0. The first-order valence-electron chi connectivity index (χ1n) is 8.25. The Kier molecular flexibility index (Phi) is 3.74. The molecule has 0 saturated carbocycles. The van der Waals surface area contributed by atoms with E-state index in [2.05, 4.69) is 5.32 Å². The van der Waals surface area contributed by atoms with Crippen molar-refractivity contribution in [2.45, 2.75) is 0 Å². The van der Waals surface area contributed by atoms with Crippen LogP contribution in [0.1, 0.15) is 42.2 Å². The minimum Gasteiger partial charge on any atom is -0.399 e. The average molecular weight is 357 g/mol. The number of hydrogen-bond acceptors (Lipinski definition) is 5. The number of nitrogens with one attached hydrogen (secondary N) is 1. The fraction of sp³-hybridized carbons (Fsp3) is 0. The summed E-state index contributed by atoms with van der Waals surface area (Å²) in [6.45, 7) is 0. The molecule has 0 bridgehead atoms. The Hall–Kier alpha value is -3.93. The molecule has 0 spiro atoms. The number of nitrogen functional groups attached to an aromatic ring is 1. The molecule has 0 heterocycles. The molecular weight excluding hydrogens is 342 g/mol. The molecule has 132 valence electrons. The minimum absolute atomic E-state index is 0.0284. The van der Waals surface area contributed by atoms with E-state index in [1.54, 1.807) is 54.6 Å². The molecule has 0 radical (unpaired) electrons. The van der Waals surface area contributed by atoms with Crippen molar-refractivity contribution >= 4 is 34.5 Å². The van der Waals surface area contributed by atoms with Crippen LogP contribution in [-0.4, -0.2) is 17.5 Å². The molecule has 1 aliphatic carbocycles. The summed E-state index contributed by atoms with van der Waals surface area (Å²) in [5.74, 6) is -1.48. The van der Waals surface area contributed by atoms with Gasteiger partial charge in [-0.2, -0.15) is 0 Å². The molecule has 0 unspecified atom stereocenters. The minimum atomic E-state index is -0.759. The van der Waals surface area contributed by atoms with Crippen LogP contribution in [0.3, 0.4) is 0 Å². The van der Waals surface area contributed by atoms with Gasteiger partial charge in [0.1, 0.15) is 0 Å². The van der Waals surface area contributed by atoms with Crippen LogP contribution in [0.25, 0.3) is 0 Å². The first-order valence-corrected chi connectivity index (χ1v) is 8.25. The van der Waals surface area contributed by atoms with Gasteiger partial charge in [0, 0.05) is 28.1 Å². The van der Waals surface area contributed by atoms with Crippen molar-refractivity contribution < 1.29 is 14.4 Å². The lowest BCUT2D eigenvalue weighted by Crippen LogP contribution is -2.26. The van der Waals surface area contributed by atoms with Crippen LogP contribution >= 0.6 is 0 Å². The van der Waals surface area contributed by atoms with E-state index in [0.717, 1.165) is 0 Å². The fourth-order valence-electron chi connectivity index (χ4n) is 3.25. The van der Waals surface area contributed by atoms with Crippen LogP contribution in [0, 0.1) is 0 Å². The summed E-state index contributed by atoms with van der Waals surface area (Å²) in [6, 6.07) is 16.5. The molecule has 0 aliphatic heterocycles.